The van der Waals surface area contributed by atoms with E-state index in [4.69, 9.17) is 0 Å². The van der Waals surface area contributed by atoms with E-state index in [0.717, 1.165) is 22.6 Å². The molecule has 36 heavy (non-hydrogen) atoms. The zero-order valence-electron chi connectivity index (χ0n) is 19.2. The third-order valence-electron chi connectivity index (χ3n) is 5.29. The van der Waals surface area contributed by atoms with Crippen molar-refractivity contribution in [3.05, 3.63) is 96.3 Å². The van der Waals surface area contributed by atoms with Crippen LogP contribution >= 0.6 is 0 Å². The van der Waals surface area contributed by atoms with Crippen molar-refractivity contribution in [3.8, 4) is 16.9 Å². The van der Waals surface area contributed by atoms with Gasteiger partial charge in [-0.05, 0) is 43.3 Å². The number of nitrogens with one attached hydrogen (secondary N) is 2. The molecule has 3 aromatic carbocycles. The Morgan fingerprint density at radius 1 is 0.889 bits per heavy atom. The van der Waals surface area contributed by atoms with Crippen LogP contribution in [0.4, 0.5) is 29.5 Å². The lowest BCUT2D eigenvalue weighted by atomic mass is 10.1. The van der Waals surface area contributed by atoms with Crippen LogP contribution in [0, 0.1) is 17.5 Å². The van der Waals surface area contributed by atoms with Gasteiger partial charge in [0.2, 0.25) is 5.91 Å². The predicted octanol–water partition coefficient (Wildman–Crippen LogP) is 5.45. The fourth-order valence-electron chi connectivity index (χ4n) is 3.47. The van der Waals surface area contributed by atoms with Crippen LogP contribution < -0.4 is 10.6 Å². The van der Waals surface area contributed by atoms with E-state index < -0.39 is 29.4 Å². The van der Waals surface area contributed by atoms with Crippen LogP contribution in [-0.4, -0.2) is 39.7 Å². The number of urea groups is 1. The number of amides is 3. The second-order valence-electron chi connectivity index (χ2n) is 7.79. The molecule has 0 radical (unpaired) electrons. The maximum Gasteiger partial charge on any atom is 0.322 e. The Balaban J connectivity index is 1.53. The first kappa shape index (κ1) is 24.5. The number of aromatic nitrogens is 2. The van der Waals surface area contributed by atoms with Crippen LogP contribution in [-0.2, 0) is 4.79 Å². The van der Waals surface area contributed by atoms with Crippen LogP contribution in [0.25, 0.3) is 16.9 Å². The molecular formula is C26H22F3N5O2. The van der Waals surface area contributed by atoms with Crippen molar-refractivity contribution in [1.82, 2.24) is 14.7 Å². The van der Waals surface area contributed by atoms with E-state index >= 15 is 0 Å². The molecule has 0 aliphatic rings. The van der Waals surface area contributed by atoms with Gasteiger partial charge in [0, 0.05) is 24.2 Å². The molecule has 0 aliphatic carbocycles. The topological polar surface area (TPSA) is 79.3 Å². The first-order chi connectivity index (χ1) is 17.3. The second-order valence-corrected chi connectivity index (χ2v) is 7.79. The lowest BCUT2D eigenvalue weighted by Crippen LogP contribution is -2.40. The summed E-state index contributed by atoms with van der Waals surface area (Å²) < 4.78 is 42.0. The van der Waals surface area contributed by atoms with Gasteiger partial charge in [0.05, 0.1) is 17.1 Å². The molecule has 0 saturated heterocycles. The first-order valence-corrected chi connectivity index (χ1v) is 11.1. The van der Waals surface area contributed by atoms with Gasteiger partial charge in [-0.2, -0.15) is 5.10 Å². The number of anilines is 2. The van der Waals surface area contributed by atoms with Crippen molar-refractivity contribution in [2.45, 2.75) is 6.92 Å². The van der Waals surface area contributed by atoms with Crippen molar-refractivity contribution >= 4 is 23.4 Å². The van der Waals surface area contributed by atoms with Crippen LogP contribution in [0.15, 0.2) is 78.9 Å². The third kappa shape index (κ3) is 5.72. The molecule has 0 bridgehead atoms. The van der Waals surface area contributed by atoms with Gasteiger partial charge in [0.15, 0.2) is 0 Å². The van der Waals surface area contributed by atoms with Crippen molar-refractivity contribution in [1.29, 1.82) is 0 Å². The summed E-state index contributed by atoms with van der Waals surface area (Å²) in [4.78, 5) is 26.6. The number of hydrogen-bond acceptors (Lipinski definition) is 3. The number of rotatable bonds is 7. The molecular weight excluding hydrogens is 471 g/mol. The highest BCUT2D eigenvalue weighted by Gasteiger charge is 2.20. The van der Waals surface area contributed by atoms with Crippen LogP contribution in [0.1, 0.15) is 6.92 Å². The number of halogens is 3. The van der Waals surface area contributed by atoms with Gasteiger partial charge in [-0.1, -0.05) is 30.3 Å². The van der Waals surface area contributed by atoms with E-state index in [-0.39, 0.29) is 18.8 Å². The molecule has 7 nitrogen and oxygen atoms in total. The number of carbonyl (C=O) groups is 2. The Hall–Kier alpha value is -4.60. The van der Waals surface area contributed by atoms with E-state index in [1.54, 1.807) is 13.0 Å². The van der Waals surface area contributed by atoms with Crippen LogP contribution in [0.2, 0.25) is 0 Å². The van der Waals surface area contributed by atoms with E-state index in [1.807, 2.05) is 30.3 Å². The lowest BCUT2D eigenvalue weighted by molar-refractivity contribution is -0.116. The number of nitrogens with zero attached hydrogens (tertiary/aromatic N) is 3. The molecule has 0 aliphatic heterocycles. The summed E-state index contributed by atoms with van der Waals surface area (Å²) in [5.41, 5.74) is 1.70. The molecule has 0 saturated carbocycles. The molecule has 1 aromatic heterocycles. The van der Waals surface area contributed by atoms with Crippen molar-refractivity contribution in [2.24, 2.45) is 0 Å². The molecule has 0 atom stereocenters. The normalized spacial score (nSPS) is 10.7. The van der Waals surface area contributed by atoms with E-state index in [9.17, 15) is 22.8 Å². The Labute approximate surface area is 205 Å². The quantitative estimate of drug-likeness (QED) is 0.359. The lowest BCUT2D eigenvalue weighted by Gasteiger charge is -2.21. The molecule has 4 aromatic rings. The van der Waals surface area contributed by atoms with Gasteiger partial charge in [0.25, 0.3) is 0 Å². The van der Waals surface area contributed by atoms with Gasteiger partial charge in [0.1, 0.15) is 29.8 Å². The molecule has 4 rings (SSSR count). The third-order valence-corrected chi connectivity index (χ3v) is 5.29. The summed E-state index contributed by atoms with van der Waals surface area (Å²) in [5.74, 6) is -2.34. The predicted molar refractivity (Wildman–Crippen MR) is 130 cm³/mol. The number of benzene rings is 3. The van der Waals surface area contributed by atoms with Gasteiger partial charge < -0.3 is 15.5 Å². The summed E-state index contributed by atoms with van der Waals surface area (Å²) in [5, 5.41) is 9.63. The van der Waals surface area contributed by atoms with Crippen molar-refractivity contribution in [2.75, 3.05) is 23.7 Å². The molecule has 1 heterocycles. The van der Waals surface area contributed by atoms with Gasteiger partial charge in [-0.15, -0.1) is 0 Å². The average molecular weight is 493 g/mol. The molecule has 0 unspecified atom stereocenters. The maximum absolute atomic E-state index is 13.9. The van der Waals surface area contributed by atoms with E-state index in [2.05, 4.69) is 15.7 Å². The Kier molecular flexibility index (Phi) is 7.33. The first-order valence-electron chi connectivity index (χ1n) is 11.1. The SMILES string of the molecule is CCN(CC(=O)Nc1cc(-c2ccccc2)nn1-c1ccc(F)cc1)C(=O)Nc1ccc(F)cc1F. The summed E-state index contributed by atoms with van der Waals surface area (Å²) >= 11 is 0. The minimum atomic E-state index is -0.930. The highest BCUT2D eigenvalue weighted by molar-refractivity contribution is 5.97. The average Bonchev–Trinajstić information content (AvgIpc) is 3.28. The van der Waals surface area contributed by atoms with Gasteiger partial charge >= 0.3 is 6.03 Å². The second kappa shape index (κ2) is 10.8. The van der Waals surface area contributed by atoms with Crippen molar-refractivity contribution < 1.29 is 22.8 Å². The van der Waals surface area contributed by atoms with Crippen LogP contribution in [0.5, 0.6) is 0 Å². The summed E-state index contributed by atoms with van der Waals surface area (Å²) in [6, 6.07) is 18.6. The van der Waals surface area contributed by atoms with Gasteiger partial charge in [-0.3, -0.25) is 4.79 Å². The minimum absolute atomic E-state index is 0.147. The summed E-state index contributed by atoms with van der Waals surface area (Å²) in [6.07, 6.45) is 0. The van der Waals surface area contributed by atoms with Gasteiger partial charge in [-0.25, -0.2) is 22.6 Å². The molecule has 3 amide bonds. The zero-order valence-corrected chi connectivity index (χ0v) is 19.2. The standard InChI is InChI=1S/C26H22F3N5O2/c1-2-33(26(36)30-22-13-10-19(28)14-21(22)29)16-25(35)31-24-15-23(17-6-4-3-5-7-17)32-34(24)20-11-8-18(27)9-12-20/h3-15H,2,16H2,1H3,(H,30,36)(H,31,35). The minimum Gasteiger partial charge on any atom is -0.315 e. The van der Waals surface area contributed by atoms with Crippen LogP contribution in [0.3, 0.4) is 0 Å². The molecule has 0 fully saturated rings. The fraction of sp³-hybridized carbons (Fsp3) is 0.115. The fourth-order valence-corrected chi connectivity index (χ4v) is 3.47. The van der Waals surface area contributed by atoms with E-state index in [0.29, 0.717) is 23.3 Å². The molecule has 0 spiro atoms. The number of hydrogen-bond donors (Lipinski definition) is 2. The highest BCUT2D eigenvalue weighted by Crippen LogP contribution is 2.25. The largest absolute Gasteiger partial charge is 0.322 e. The highest BCUT2D eigenvalue weighted by atomic mass is 19.1. The molecule has 10 heteroatoms. The Morgan fingerprint density at radius 3 is 2.25 bits per heavy atom. The zero-order chi connectivity index (χ0) is 25.7. The smallest absolute Gasteiger partial charge is 0.315 e. The Bertz CT molecular complexity index is 1370. The summed E-state index contributed by atoms with van der Waals surface area (Å²) in [7, 11) is 0. The molecule has 2 N–H and O–H groups in total. The molecule has 184 valence electrons. The van der Waals surface area contributed by atoms with E-state index in [1.165, 1.54) is 28.9 Å². The van der Waals surface area contributed by atoms with Crippen molar-refractivity contribution in [3.63, 3.8) is 0 Å². The summed E-state index contributed by atoms with van der Waals surface area (Å²) in [6.45, 7) is 1.46. The maximum atomic E-state index is 13.9. The number of carbonyl (C=O) groups excluding carboxylic acids is 2. The monoisotopic (exact) mass is 493 g/mol. The number of likely N-dealkylation sites (N-methyl/N-ethyl adjacent to an activating group) is 1. The Morgan fingerprint density at radius 2 is 1.58 bits per heavy atom.